The molecule has 2 aliphatic heterocycles. The van der Waals surface area contributed by atoms with Crippen LogP contribution in [0.2, 0.25) is 0 Å². The lowest BCUT2D eigenvalue weighted by Crippen LogP contribution is -2.20. The lowest BCUT2D eigenvalue weighted by molar-refractivity contribution is -0.385. The van der Waals surface area contributed by atoms with Gasteiger partial charge in [-0.1, -0.05) is 0 Å². The number of halogens is 1. The number of non-ortho nitro benzene ring substituents is 2. The second-order valence-electron chi connectivity index (χ2n) is 9.35. The van der Waals surface area contributed by atoms with Crippen molar-refractivity contribution in [1.82, 2.24) is 5.32 Å². The van der Waals surface area contributed by atoms with Crippen LogP contribution in [-0.2, 0) is 19.7 Å². The average molecular weight is 589 g/mol. The molecule has 216 valence electrons. The van der Waals surface area contributed by atoms with Crippen molar-refractivity contribution in [2.75, 3.05) is 43.6 Å². The summed E-state index contributed by atoms with van der Waals surface area (Å²) in [6, 6.07) is 4.16. The molecule has 0 spiro atoms. The molecule has 2 aromatic carbocycles. The Labute approximate surface area is 227 Å². The van der Waals surface area contributed by atoms with E-state index in [0.29, 0.717) is 17.3 Å². The zero-order valence-electron chi connectivity index (χ0n) is 22.3. The third-order valence-electron chi connectivity index (χ3n) is 6.22. The van der Waals surface area contributed by atoms with Crippen LogP contribution in [0.5, 0.6) is 0 Å². The molecule has 0 aromatic heterocycles. The second-order valence-corrected chi connectivity index (χ2v) is 13.3. The molecule has 2 saturated heterocycles. The Morgan fingerprint density at radius 3 is 1.59 bits per heavy atom. The topological polar surface area (TPSA) is 170 Å². The first-order valence-electron chi connectivity index (χ1n) is 12.1. The first-order valence-corrected chi connectivity index (χ1v) is 15.9. The highest BCUT2D eigenvalue weighted by molar-refractivity contribution is 7.91. The van der Waals surface area contributed by atoms with Crippen LogP contribution in [0.25, 0.3) is 0 Å². The highest BCUT2D eigenvalue weighted by Gasteiger charge is 2.24. The molecule has 0 radical (unpaired) electrons. The van der Waals surface area contributed by atoms with Gasteiger partial charge in [-0.3, -0.25) is 20.2 Å². The predicted molar refractivity (Wildman–Crippen MR) is 145 cm³/mol. The van der Waals surface area contributed by atoms with Crippen LogP contribution < -0.4 is 10.2 Å². The number of hydrogen-bond donors (Lipinski definition) is 1. The molecule has 12 nitrogen and oxygen atoms in total. The van der Waals surface area contributed by atoms with Crippen molar-refractivity contribution in [3.05, 3.63) is 61.4 Å². The minimum Gasteiger partial charge on any atom is -0.371 e. The van der Waals surface area contributed by atoms with Crippen LogP contribution in [0.1, 0.15) is 36.8 Å². The summed E-state index contributed by atoms with van der Waals surface area (Å²) in [7, 11) is -7.13. The quantitative estimate of drug-likeness (QED) is 0.401. The molecule has 2 fully saturated rings. The van der Waals surface area contributed by atoms with Gasteiger partial charge in [0, 0.05) is 55.1 Å². The fourth-order valence-electron chi connectivity index (χ4n) is 4.19. The van der Waals surface area contributed by atoms with Crippen LogP contribution >= 0.6 is 0 Å². The molecule has 15 heteroatoms. The van der Waals surface area contributed by atoms with E-state index in [1.165, 1.54) is 38.9 Å². The number of rotatable bonds is 5. The maximum absolute atomic E-state index is 13.2. The Hall–Kier alpha value is -3.17. The maximum atomic E-state index is 13.2. The van der Waals surface area contributed by atoms with E-state index in [1.807, 2.05) is 4.90 Å². The van der Waals surface area contributed by atoms with Crippen molar-refractivity contribution in [3.8, 4) is 0 Å². The third-order valence-corrected chi connectivity index (χ3v) is 8.67. The average Bonchev–Trinajstić information content (AvgIpc) is 3.57. The number of sulfone groups is 2. The van der Waals surface area contributed by atoms with E-state index in [9.17, 15) is 41.5 Å². The van der Waals surface area contributed by atoms with Gasteiger partial charge in [0.1, 0.15) is 5.82 Å². The molecule has 2 aliphatic rings. The van der Waals surface area contributed by atoms with Gasteiger partial charge >= 0.3 is 0 Å². The lowest BCUT2D eigenvalue weighted by atomic mass is 10.1. The Kier molecular flexibility index (Phi) is 10.9. The zero-order valence-corrected chi connectivity index (χ0v) is 23.9. The van der Waals surface area contributed by atoms with Crippen molar-refractivity contribution < 1.29 is 31.1 Å². The number of hydrogen-bond acceptors (Lipinski definition) is 10. The lowest BCUT2D eigenvalue weighted by Gasteiger charge is -2.21. The number of nitro groups is 2. The molecule has 1 N–H and O–H groups in total. The van der Waals surface area contributed by atoms with Gasteiger partial charge in [-0.2, -0.15) is 0 Å². The summed E-state index contributed by atoms with van der Waals surface area (Å²) >= 11 is 0. The first kappa shape index (κ1) is 32.0. The second kappa shape index (κ2) is 13.3. The van der Waals surface area contributed by atoms with Crippen LogP contribution in [0.15, 0.2) is 34.1 Å². The standard InChI is InChI=1S/C12H16N2O4S.C8H8FNO4S.C4H9N/c1-9-11(13-5-3-4-6-13)7-10(14(15)16)8-12(9)19(2,17)18;1-5-7(9)3-6(10(11)12)4-8(5)15(2,13)14;1-2-4-5-3-1/h7-8H,3-6H2,1-2H3;3-4H,1-2H3;5H,1-4H2. The molecule has 0 unspecified atom stereocenters. The first-order chi connectivity index (χ1) is 18.0. The Morgan fingerprint density at radius 1 is 0.769 bits per heavy atom. The molecular weight excluding hydrogens is 555 g/mol. The van der Waals surface area contributed by atoms with Gasteiger partial charge in [0.15, 0.2) is 19.7 Å². The van der Waals surface area contributed by atoms with E-state index in [4.69, 9.17) is 0 Å². The van der Waals surface area contributed by atoms with Gasteiger partial charge in [0.2, 0.25) is 0 Å². The van der Waals surface area contributed by atoms with Crippen LogP contribution in [0.4, 0.5) is 21.5 Å². The number of nitrogens with one attached hydrogen (secondary N) is 1. The summed E-state index contributed by atoms with van der Waals surface area (Å²) in [5.74, 6) is -0.898. The highest BCUT2D eigenvalue weighted by atomic mass is 32.2. The molecule has 0 bridgehead atoms. The predicted octanol–water partition coefficient (Wildman–Crippen LogP) is 3.72. The van der Waals surface area contributed by atoms with Gasteiger partial charge < -0.3 is 10.2 Å². The van der Waals surface area contributed by atoms with E-state index in [0.717, 1.165) is 50.6 Å². The minimum absolute atomic E-state index is 0.0450. The fourth-order valence-corrected chi connectivity index (χ4v) is 6.18. The molecule has 0 atom stereocenters. The SMILES string of the molecule is C1CCNC1.Cc1c(F)cc([N+](=O)[O-])cc1S(C)(=O)=O.Cc1c(N2CCCC2)cc([N+](=O)[O-])cc1S(C)(=O)=O. The van der Waals surface area contributed by atoms with E-state index in [2.05, 4.69) is 5.32 Å². The summed E-state index contributed by atoms with van der Waals surface area (Å²) in [5, 5.41) is 24.6. The number of benzene rings is 2. The summed E-state index contributed by atoms with van der Waals surface area (Å²) in [6.07, 6.45) is 6.78. The maximum Gasteiger partial charge on any atom is 0.273 e. The largest absolute Gasteiger partial charge is 0.371 e. The van der Waals surface area contributed by atoms with Crippen LogP contribution in [0, 0.1) is 39.9 Å². The smallest absolute Gasteiger partial charge is 0.273 e. The van der Waals surface area contributed by atoms with Gasteiger partial charge in [-0.05, 0) is 58.2 Å². The molecular formula is C24H33FN4O8S2. The van der Waals surface area contributed by atoms with Crippen molar-refractivity contribution in [1.29, 1.82) is 0 Å². The van der Waals surface area contributed by atoms with Crippen molar-refractivity contribution in [3.63, 3.8) is 0 Å². The van der Waals surface area contributed by atoms with Crippen molar-refractivity contribution >= 4 is 36.7 Å². The van der Waals surface area contributed by atoms with Gasteiger partial charge in [0.05, 0.1) is 25.7 Å². The van der Waals surface area contributed by atoms with Gasteiger partial charge in [-0.15, -0.1) is 0 Å². The third kappa shape index (κ3) is 8.93. The van der Waals surface area contributed by atoms with Gasteiger partial charge in [0.25, 0.3) is 11.4 Å². The molecule has 4 rings (SSSR count). The van der Waals surface area contributed by atoms with Crippen molar-refractivity contribution in [2.24, 2.45) is 0 Å². The minimum atomic E-state index is -3.66. The molecule has 2 heterocycles. The number of nitrogens with zero attached hydrogens (tertiary/aromatic N) is 3. The van der Waals surface area contributed by atoms with Crippen LogP contribution in [0.3, 0.4) is 0 Å². The summed E-state index contributed by atoms with van der Waals surface area (Å²) in [5.41, 5.74) is 0.400. The van der Waals surface area contributed by atoms with E-state index in [-0.39, 0.29) is 21.0 Å². The van der Waals surface area contributed by atoms with Crippen LogP contribution in [-0.4, -0.2) is 65.4 Å². The summed E-state index contributed by atoms with van der Waals surface area (Å²) in [4.78, 5) is 21.7. The van der Waals surface area contributed by atoms with E-state index in [1.54, 1.807) is 6.92 Å². The fraction of sp³-hybridized carbons (Fsp3) is 0.500. The van der Waals surface area contributed by atoms with Crippen molar-refractivity contribution in [2.45, 2.75) is 49.3 Å². The molecule has 2 aromatic rings. The highest BCUT2D eigenvalue weighted by Crippen LogP contribution is 2.33. The monoisotopic (exact) mass is 588 g/mol. The normalized spacial score (nSPS) is 15.2. The van der Waals surface area contributed by atoms with E-state index >= 15 is 0 Å². The van der Waals surface area contributed by atoms with E-state index < -0.39 is 41.0 Å². The molecule has 0 saturated carbocycles. The summed E-state index contributed by atoms with van der Waals surface area (Å²) in [6.45, 7) is 7.08. The zero-order chi connectivity index (χ0) is 29.5. The molecule has 0 aliphatic carbocycles. The molecule has 39 heavy (non-hydrogen) atoms. The van der Waals surface area contributed by atoms with Gasteiger partial charge in [-0.25, -0.2) is 21.2 Å². The number of nitro benzene ring substituents is 2. The summed E-state index contributed by atoms with van der Waals surface area (Å²) < 4.78 is 59.1. The molecule has 0 amide bonds. The Bertz CT molecular complexity index is 1430. The number of anilines is 1. The Morgan fingerprint density at radius 2 is 1.21 bits per heavy atom. The Balaban J connectivity index is 0.000000236.